The molecule has 0 saturated heterocycles. The second kappa shape index (κ2) is 5.65. The Bertz CT molecular complexity index is 590. The lowest BCUT2D eigenvalue weighted by Gasteiger charge is -2.06. The van der Waals surface area contributed by atoms with Gasteiger partial charge in [-0.3, -0.25) is 10.1 Å². The number of nitro groups is 1. The molecule has 100 valence electrons. The molecule has 0 spiro atoms. The summed E-state index contributed by atoms with van der Waals surface area (Å²) in [4.78, 5) is 14.8. The van der Waals surface area contributed by atoms with Crippen LogP contribution in [0.5, 0.6) is 0 Å². The normalized spacial score (nSPS) is 10.6. The molecule has 0 fully saturated rings. The van der Waals surface area contributed by atoms with Crippen molar-refractivity contribution < 1.29 is 4.92 Å². The number of hydrogen-bond donors (Lipinski definition) is 0. The van der Waals surface area contributed by atoms with Gasteiger partial charge in [-0.25, -0.2) is 4.98 Å². The first-order valence-corrected chi connectivity index (χ1v) is 6.39. The molecular weight excluding hydrogens is 242 g/mol. The quantitative estimate of drug-likeness (QED) is 0.610. The highest BCUT2D eigenvalue weighted by Gasteiger charge is 2.11. The second-order valence-corrected chi connectivity index (χ2v) is 4.64. The van der Waals surface area contributed by atoms with Crippen LogP contribution in [0.15, 0.2) is 30.7 Å². The summed E-state index contributed by atoms with van der Waals surface area (Å²) in [5, 5.41) is 11.0. The zero-order valence-corrected chi connectivity index (χ0v) is 11.2. The summed E-state index contributed by atoms with van der Waals surface area (Å²) in [5.74, 6) is 0. The van der Waals surface area contributed by atoms with Crippen LogP contribution in [0, 0.1) is 17.0 Å². The van der Waals surface area contributed by atoms with Gasteiger partial charge in [0.1, 0.15) is 0 Å². The maximum absolute atomic E-state index is 11.0. The van der Waals surface area contributed by atoms with Crippen molar-refractivity contribution in [1.29, 1.82) is 0 Å². The molecule has 1 aromatic heterocycles. The van der Waals surface area contributed by atoms with Crippen LogP contribution in [-0.2, 0) is 6.42 Å². The van der Waals surface area contributed by atoms with Gasteiger partial charge in [0, 0.05) is 18.3 Å². The van der Waals surface area contributed by atoms with E-state index in [0.717, 1.165) is 36.2 Å². The van der Waals surface area contributed by atoms with Crippen LogP contribution in [0.4, 0.5) is 5.69 Å². The topological polar surface area (TPSA) is 61.0 Å². The molecule has 0 radical (unpaired) electrons. The van der Waals surface area contributed by atoms with Crippen LogP contribution in [0.25, 0.3) is 5.69 Å². The molecule has 0 aliphatic heterocycles. The number of benzene rings is 1. The molecule has 5 heteroatoms. The van der Waals surface area contributed by atoms with Crippen LogP contribution in [0.1, 0.15) is 31.0 Å². The van der Waals surface area contributed by atoms with Gasteiger partial charge in [-0.05, 0) is 31.4 Å². The lowest BCUT2D eigenvalue weighted by molar-refractivity contribution is -0.384. The zero-order valence-electron chi connectivity index (χ0n) is 11.2. The van der Waals surface area contributed by atoms with E-state index >= 15 is 0 Å². The van der Waals surface area contributed by atoms with Crippen molar-refractivity contribution in [3.63, 3.8) is 0 Å². The molecule has 0 bridgehead atoms. The Morgan fingerprint density at radius 2 is 2.16 bits per heavy atom. The number of unbranched alkanes of at least 4 members (excludes halogenated alkanes) is 1. The maximum Gasteiger partial charge on any atom is 0.271 e. The molecule has 0 aliphatic carbocycles. The molecule has 2 aromatic rings. The molecule has 1 aromatic carbocycles. The highest BCUT2D eigenvalue weighted by Crippen LogP contribution is 2.21. The monoisotopic (exact) mass is 259 g/mol. The number of aryl methyl sites for hydroxylation is 2. The number of nitro benzene ring substituents is 1. The third kappa shape index (κ3) is 3.19. The van der Waals surface area contributed by atoms with E-state index in [1.807, 2.05) is 23.8 Å². The average molecular weight is 259 g/mol. The van der Waals surface area contributed by atoms with E-state index in [9.17, 15) is 10.1 Å². The third-order valence-corrected chi connectivity index (χ3v) is 3.00. The van der Waals surface area contributed by atoms with E-state index in [0.29, 0.717) is 0 Å². The number of imidazole rings is 1. The first-order chi connectivity index (χ1) is 9.10. The Morgan fingerprint density at radius 1 is 1.37 bits per heavy atom. The van der Waals surface area contributed by atoms with E-state index in [-0.39, 0.29) is 10.6 Å². The van der Waals surface area contributed by atoms with Gasteiger partial charge in [0.25, 0.3) is 5.69 Å². The van der Waals surface area contributed by atoms with Gasteiger partial charge in [-0.2, -0.15) is 0 Å². The minimum atomic E-state index is -0.345. The summed E-state index contributed by atoms with van der Waals surface area (Å²) < 4.78 is 1.82. The molecule has 0 amide bonds. The van der Waals surface area contributed by atoms with Crippen molar-refractivity contribution in [2.24, 2.45) is 0 Å². The minimum absolute atomic E-state index is 0.134. The molecule has 0 saturated carbocycles. The molecule has 2 rings (SSSR count). The fourth-order valence-electron chi connectivity index (χ4n) is 2.00. The number of nitrogens with zero attached hydrogens (tertiary/aromatic N) is 3. The first kappa shape index (κ1) is 13.3. The molecule has 19 heavy (non-hydrogen) atoms. The molecule has 0 atom stereocenters. The fourth-order valence-corrected chi connectivity index (χ4v) is 2.00. The highest BCUT2D eigenvalue weighted by molar-refractivity contribution is 5.47. The van der Waals surface area contributed by atoms with Crippen LogP contribution in [-0.4, -0.2) is 14.5 Å². The molecule has 0 N–H and O–H groups in total. The van der Waals surface area contributed by atoms with Gasteiger partial charge in [0.05, 0.1) is 22.6 Å². The lowest BCUT2D eigenvalue weighted by Crippen LogP contribution is -1.97. The van der Waals surface area contributed by atoms with Gasteiger partial charge in [0.2, 0.25) is 0 Å². The zero-order chi connectivity index (χ0) is 13.8. The van der Waals surface area contributed by atoms with Crippen molar-refractivity contribution in [3.05, 3.63) is 52.1 Å². The predicted octanol–water partition coefficient (Wildman–Crippen LogP) is 3.43. The molecule has 0 aliphatic rings. The Morgan fingerprint density at radius 3 is 2.74 bits per heavy atom. The van der Waals surface area contributed by atoms with Crippen LogP contribution in [0.3, 0.4) is 0 Å². The van der Waals surface area contributed by atoms with Gasteiger partial charge >= 0.3 is 0 Å². The Balaban J connectivity index is 2.41. The van der Waals surface area contributed by atoms with Gasteiger partial charge in [-0.15, -0.1) is 0 Å². The predicted molar refractivity (Wildman–Crippen MR) is 73.6 cm³/mol. The van der Waals surface area contributed by atoms with Crippen molar-refractivity contribution in [2.45, 2.75) is 33.1 Å². The summed E-state index contributed by atoms with van der Waals surface area (Å²) in [6.07, 6.45) is 6.51. The van der Waals surface area contributed by atoms with Crippen LogP contribution in [0.2, 0.25) is 0 Å². The SMILES string of the molecule is CCCCc1cc(-n2cnc(C)c2)cc([N+](=O)[O-])c1. The van der Waals surface area contributed by atoms with E-state index < -0.39 is 0 Å². The van der Waals surface area contributed by atoms with E-state index in [1.54, 1.807) is 18.5 Å². The van der Waals surface area contributed by atoms with Gasteiger partial charge in [0.15, 0.2) is 0 Å². The van der Waals surface area contributed by atoms with Gasteiger partial charge in [-0.1, -0.05) is 13.3 Å². The van der Waals surface area contributed by atoms with Crippen LogP contribution >= 0.6 is 0 Å². The number of non-ortho nitro benzene ring substituents is 1. The number of aromatic nitrogens is 2. The fraction of sp³-hybridized carbons (Fsp3) is 0.357. The van der Waals surface area contributed by atoms with Crippen molar-refractivity contribution in [2.75, 3.05) is 0 Å². The number of rotatable bonds is 5. The van der Waals surface area contributed by atoms with E-state index in [1.165, 1.54) is 0 Å². The molecular formula is C14H17N3O2. The average Bonchev–Trinajstić information content (AvgIpc) is 2.82. The van der Waals surface area contributed by atoms with Crippen LogP contribution < -0.4 is 0 Å². The Labute approximate surface area is 112 Å². The maximum atomic E-state index is 11.0. The van der Waals surface area contributed by atoms with Crippen molar-refractivity contribution >= 4 is 5.69 Å². The highest BCUT2D eigenvalue weighted by atomic mass is 16.6. The standard InChI is InChI=1S/C14H17N3O2/c1-3-4-5-12-6-13(8-14(7-12)17(18)19)16-9-11(2)15-10-16/h6-10H,3-5H2,1-2H3. The van der Waals surface area contributed by atoms with E-state index in [2.05, 4.69) is 11.9 Å². The summed E-state index contributed by atoms with van der Waals surface area (Å²) in [6, 6.07) is 5.23. The Kier molecular flexibility index (Phi) is 3.94. The largest absolute Gasteiger partial charge is 0.306 e. The summed E-state index contributed by atoms with van der Waals surface area (Å²) in [7, 11) is 0. The van der Waals surface area contributed by atoms with Gasteiger partial charge < -0.3 is 4.57 Å². The Hall–Kier alpha value is -2.17. The second-order valence-electron chi connectivity index (χ2n) is 4.64. The number of hydrogen-bond acceptors (Lipinski definition) is 3. The first-order valence-electron chi connectivity index (χ1n) is 6.39. The molecule has 5 nitrogen and oxygen atoms in total. The third-order valence-electron chi connectivity index (χ3n) is 3.00. The summed E-state index contributed by atoms with van der Waals surface area (Å²) >= 11 is 0. The lowest BCUT2D eigenvalue weighted by atomic mass is 10.1. The summed E-state index contributed by atoms with van der Waals surface area (Å²) in [6.45, 7) is 4.00. The van der Waals surface area contributed by atoms with Crippen molar-refractivity contribution in [3.8, 4) is 5.69 Å². The summed E-state index contributed by atoms with van der Waals surface area (Å²) in [5.41, 5.74) is 2.81. The van der Waals surface area contributed by atoms with E-state index in [4.69, 9.17) is 0 Å². The smallest absolute Gasteiger partial charge is 0.271 e. The minimum Gasteiger partial charge on any atom is -0.306 e. The molecule has 0 unspecified atom stereocenters. The molecule has 1 heterocycles. The van der Waals surface area contributed by atoms with Crippen molar-refractivity contribution in [1.82, 2.24) is 9.55 Å².